The Balaban J connectivity index is 2.30. The van der Waals surface area contributed by atoms with E-state index in [2.05, 4.69) is 17.6 Å². The maximum absolute atomic E-state index is 11.9. The first kappa shape index (κ1) is 16.0. The van der Waals surface area contributed by atoms with Gasteiger partial charge in [-0.15, -0.1) is 0 Å². The predicted octanol–water partition coefficient (Wildman–Crippen LogP) is 1.73. The Bertz CT molecular complexity index is 446. The number of ether oxygens (including phenoxy) is 1. The zero-order valence-electron chi connectivity index (χ0n) is 12.1. The van der Waals surface area contributed by atoms with Crippen molar-refractivity contribution in [3.05, 3.63) is 29.8 Å². The first-order chi connectivity index (χ1) is 9.67. The minimum atomic E-state index is -0.203. The quantitative estimate of drug-likeness (QED) is 0.712. The predicted molar refractivity (Wildman–Crippen MR) is 77.9 cm³/mol. The summed E-state index contributed by atoms with van der Waals surface area (Å²) in [7, 11) is 1.55. The van der Waals surface area contributed by atoms with E-state index in [1.165, 1.54) is 0 Å². The van der Waals surface area contributed by atoms with Gasteiger partial charge in [0.15, 0.2) is 0 Å². The largest absolute Gasteiger partial charge is 0.497 e. The van der Waals surface area contributed by atoms with Gasteiger partial charge < -0.3 is 15.4 Å². The zero-order chi connectivity index (χ0) is 14.8. The average molecular weight is 278 g/mol. The molecule has 1 aromatic rings. The third kappa shape index (κ3) is 5.73. The van der Waals surface area contributed by atoms with Gasteiger partial charge in [0, 0.05) is 25.1 Å². The molecule has 110 valence electrons. The Morgan fingerprint density at radius 3 is 2.70 bits per heavy atom. The summed E-state index contributed by atoms with van der Waals surface area (Å²) in [5, 5.41) is 5.52. The molecule has 0 heterocycles. The van der Waals surface area contributed by atoms with Crippen LogP contribution in [0, 0.1) is 0 Å². The number of methoxy groups -OCH3 is 1. The molecule has 2 amide bonds. The first-order valence-corrected chi connectivity index (χ1v) is 6.86. The van der Waals surface area contributed by atoms with Crippen molar-refractivity contribution in [3.8, 4) is 5.75 Å². The molecule has 5 nitrogen and oxygen atoms in total. The second-order valence-electron chi connectivity index (χ2n) is 4.44. The number of carbonyl (C=O) groups is 2. The smallest absolute Gasteiger partial charge is 0.251 e. The van der Waals surface area contributed by atoms with Crippen LogP contribution in [0.4, 0.5) is 0 Å². The minimum Gasteiger partial charge on any atom is -0.497 e. The highest BCUT2D eigenvalue weighted by molar-refractivity contribution is 5.94. The van der Waals surface area contributed by atoms with Crippen LogP contribution in [0.25, 0.3) is 0 Å². The third-order valence-corrected chi connectivity index (χ3v) is 2.82. The van der Waals surface area contributed by atoms with E-state index in [4.69, 9.17) is 4.74 Å². The molecule has 0 aliphatic heterocycles. The summed E-state index contributed by atoms with van der Waals surface area (Å²) in [6.07, 6.45) is 2.31. The van der Waals surface area contributed by atoms with Gasteiger partial charge in [-0.1, -0.05) is 19.4 Å². The van der Waals surface area contributed by atoms with Crippen molar-refractivity contribution < 1.29 is 14.3 Å². The summed E-state index contributed by atoms with van der Waals surface area (Å²) in [5.74, 6) is 0.393. The van der Waals surface area contributed by atoms with Gasteiger partial charge in [0.2, 0.25) is 5.91 Å². The van der Waals surface area contributed by atoms with Crippen molar-refractivity contribution in [1.29, 1.82) is 0 Å². The monoisotopic (exact) mass is 278 g/mol. The fourth-order valence-corrected chi connectivity index (χ4v) is 1.65. The lowest BCUT2D eigenvalue weighted by Crippen LogP contribution is -2.31. The van der Waals surface area contributed by atoms with E-state index >= 15 is 0 Å². The minimum absolute atomic E-state index is 0.0376. The first-order valence-electron chi connectivity index (χ1n) is 6.86. The highest BCUT2D eigenvalue weighted by Gasteiger charge is 2.07. The number of hydrogen-bond donors (Lipinski definition) is 2. The van der Waals surface area contributed by atoms with Crippen LogP contribution in [0.5, 0.6) is 5.75 Å². The summed E-state index contributed by atoms with van der Waals surface area (Å²) in [5.41, 5.74) is 0.524. The van der Waals surface area contributed by atoms with Crippen LogP contribution in [0.1, 0.15) is 36.5 Å². The van der Waals surface area contributed by atoms with Crippen molar-refractivity contribution >= 4 is 11.8 Å². The van der Waals surface area contributed by atoms with Gasteiger partial charge in [-0.2, -0.15) is 0 Å². The Labute approximate surface area is 119 Å². The van der Waals surface area contributed by atoms with Crippen molar-refractivity contribution in [2.75, 3.05) is 20.2 Å². The lowest BCUT2D eigenvalue weighted by molar-refractivity contribution is -0.120. The molecule has 2 N–H and O–H groups in total. The molecule has 0 radical (unpaired) electrons. The van der Waals surface area contributed by atoms with E-state index in [1.54, 1.807) is 31.4 Å². The third-order valence-electron chi connectivity index (χ3n) is 2.82. The molecular formula is C15H22N2O3. The molecule has 20 heavy (non-hydrogen) atoms. The molecule has 0 spiro atoms. The SMILES string of the molecule is CCCCNC(=O)CCNC(=O)c1cccc(OC)c1. The molecule has 0 aliphatic carbocycles. The van der Waals surface area contributed by atoms with Crippen LogP contribution in [0.2, 0.25) is 0 Å². The van der Waals surface area contributed by atoms with Gasteiger partial charge >= 0.3 is 0 Å². The van der Waals surface area contributed by atoms with Crippen LogP contribution in [-0.4, -0.2) is 32.0 Å². The molecule has 0 saturated carbocycles. The van der Waals surface area contributed by atoms with Crippen LogP contribution in [0.15, 0.2) is 24.3 Å². The maximum atomic E-state index is 11.9. The Morgan fingerprint density at radius 2 is 2.00 bits per heavy atom. The summed E-state index contributed by atoms with van der Waals surface area (Å²) in [6.45, 7) is 3.09. The van der Waals surface area contributed by atoms with Gasteiger partial charge in [-0.3, -0.25) is 9.59 Å². The molecule has 5 heteroatoms. The number of amides is 2. The number of carbonyl (C=O) groups excluding carboxylic acids is 2. The van der Waals surface area contributed by atoms with Crippen molar-refractivity contribution in [1.82, 2.24) is 10.6 Å². The van der Waals surface area contributed by atoms with Crippen LogP contribution >= 0.6 is 0 Å². The lowest BCUT2D eigenvalue weighted by Gasteiger charge is -2.07. The number of hydrogen-bond acceptors (Lipinski definition) is 3. The topological polar surface area (TPSA) is 67.4 Å². The van der Waals surface area contributed by atoms with E-state index in [9.17, 15) is 9.59 Å². The zero-order valence-corrected chi connectivity index (χ0v) is 12.1. The molecule has 1 aromatic carbocycles. The molecule has 1 rings (SSSR count). The second-order valence-corrected chi connectivity index (χ2v) is 4.44. The van der Waals surface area contributed by atoms with Crippen molar-refractivity contribution in [2.24, 2.45) is 0 Å². The highest BCUT2D eigenvalue weighted by Crippen LogP contribution is 2.12. The normalized spacial score (nSPS) is 9.90. The molecule has 0 saturated heterocycles. The van der Waals surface area contributed by atoms with Crippen molar-refractivity contribution in [2.45, 2.75) is 26.2 Å². The van der Waals surface area contributed by atoms with E-state index in [0.29, 0.717) is 30.8 Å². The summed E-state index contributed by atoms with van der Waals surface area (Å²) < 4.78 is 5.06. The standard InChI is InChI=1S/C15H22N2O3/c1-3-4-9-16-14(18)8-10-17-15(19)12-6-5-7-13(11-12)20-2/h5-7,11H,3-4,8-10H2,1-2H3,(H,16,18)(H,17,19). The fourth-order valence-electron chi connectivity index (χ4n) is 1.65. The van der Waals surface area contributed by atoms with E-state index in [0.717, 1.165) is 12.8 Å². The van der Waals surface area contributed by atoms with Gasteiger partial charge in [0.1, 0.15) is 5.75 Å². The van der Waals surface area contributed by atoms with Gasteiger partial charge in [0.25, 0.3) is 5.91 Å². The average Bonchev–Trinajstić information content (AvgIpc) is 2.47. The number of unbranched alkanes of at least 4 members (excludes halogenated alkanes) is 1. The Hall–Kier alpha value is -2.04. The number of rotatable bonds is 8. The van der Waals surface area contributed by atoms with Crippen LogP contribution < -0.4 is 15.4 Å². The van der Waals surface area contributed by atoms with E-state index in [-0.39, 0.29) is 11.8 Å². The molecular weight excluding hydrogens is 256 g/mol. The maximum Gasteiger partial charge on any atom is 0.251 e. The molecule has 0 unspecified atom stereocenters. The number of nitrogens with one attached hydrogen (secondary N) is 2. The molecule has 0 atom stereocenters. The number of benzene rings is 1. The Morgan fingerprint density at radius 1 is 1.20 bits per heavy atom. The fraction of sp³-hybridized carbons (Fsp3) is 0.467. The summed E-state index contributed by atoms with van der Waals surface area (Å²) >= 11 is 0. The lowest BCUT2D eigenvalue weighted by atomic mass is 10.2. The van der Waals surface area contributed by atoms with E-state index < -0.39 is 0 Å². The summed E-state index contributed by atoms with van der Waals surface area (Å²) in [4.78, 5) is 23.3. The van der Waals surface area contributed by atoms with Gasteiger partial charge in [0.05, 0.1) is 7.11 Å². The van der Waals surface area contributed by atoms with E-state index in [1.807, 2.05) is 0 Å². The van der Waals surface area contributed by atoms with Crippen LogP contribution in [-0.2, 0) is 4.79 Å². The van der Waals surface area contributed by atoms with Crippen LogP contribution in [0.3, 0.4) is 0 Å². The molecule has 0 aromatic heterocycles. The Kier molecular flexibility index (Phi) is 7.17. The molecule has 0 fully saturated rings. The molecule has 0 aliphatic rings. The van der Waals surface area contributed by atoms with Gasteiger partial charge in [-0.25, -0.2) is 0 Å². The van der Waals surface area contributed by atoms with Gasteiger partial charge in [-0.05, 0) is 24.6 Å². The van der Waals surface area contributed by atoms with Crippen molar-refractivity contribution in [3.63, 3.8) is 0 Å². The molecule has 0 bridgehead atoms. The second kappa shape index (κ2) is 8.96. The summed E-state index contributed by atoms with van der Waals surface area (Å²) in [6, 6.07) is 6.90. The highest BCUT2D eigenvalue weighted by atomic mass is 16.5.